The molecule has 1 atom stereocenters. The van der Waals surface area contributed by atoms with Gasteiger partial charge in [0.25, 0.3) is 0 Å². The molecule has 1 aliphatic rings. The number of benzene rings is 1. The van der Waals surface area contributed by atoms with Crippen molar-refractivity contribution in [1.29, 1.82) is 0 Å². The van der Waals surface area contributed by atoms with E-state index in [1.807, 2.05) is 6.07 Å². The molecule has 0 aromatic heterocycles. The average molecular weight is 301 g/mol. The second kappa shape index (κ2) is 6.50. The molecule has 1 aromatic carbocycles. The zero-order chi connectivity index (χ0) is 12.1. The van der Waals surface area contributed by atoms with Crippen molar-refractivity contribution in [3.05, 3.63) is 35.6 Å². The van der Waals surface area contributed by atoms with E-state index in [9.17, 15) is 4.39 Å². The lowest BCUT2D eigenvalue weighted by Crippen LogP contribution is -2.18. The predicted octanol–water partition coefficient (Wildman–Crippen LogP) is 4.12. The van der Waals surface area contributed by atoms with E-state index in [1.54, 1.807) is 12.1 Å². The molecular weight excluding hydrogens is 283 g/mol. The lowest BCUT2D eigenvalue weighted by Gasteiger charge is -2.26. The Morgan fingerprint density at radius 1 is 1.35 bits per heavy atom. The molecule has 1 heterocycles. The van der Waals surface area contributed by atoms with Crippen LogP contribution in [0.25, 0.3) is 0 Å². The van der Waals surface area contributed by atoms with Crippen LogP contribution in [-0.2, 0) is 4.74 Å². The highest BCUT2D eigenvalue weighted by molar-refractivity contribution is 9.09. The number of rotatable bonds is 4. The van der Waals surface area contributed by atoms with E-state index < -0.39 is 0 Å². The molecule has 3 heteroatoms. The highest BCUT2D eigenvalue weighted by Gasteiger charge is 2.20. The van der Waals surface area contributed by atoms with E-state index in [1.165, 1.54) is 6.07 Å². The maximum absolute atomic E-state index is 13.2. The number of hydrogen-bond acceptors (Lipinski definition) is 1. The lowest BCUT2D eigenvalue weighted by atomic mass is 9.86. The number of hydrogen-bond donors (Lipinski definition) is 0. The third kappa shape index (κ3) is 3.78. The molecule has 1 aliphatic heterocycles. The van der Waals surface area contributed by atoms with Crippen LogP contribution in [0.4, 0.5) is 4.39 Å². The molecule has 1 unspecified atom stereocenters. The van der Waals surface area contributed by atoms with Gasteiger partial charge in [-0.1, -0.05) is 28.1 Å². The molecule has 0 N–H and O–H groups in total. The summed E-state index contributed by atoms with van der Waals surface area (Å²) in [6, 6.07) is 6.98. The monoisotopic (exact) mass is 300 g/mol. The minimum Gasteiger partial charge on any atom is -0.381 e. The van der Waals surface area contributed by atoms with Gasteiger partial charge in [0.2, 0.25) is 0 Å². The fourth-order valence-electron chi connectivity index (χ4n) is 2.43. The number of alkyl halides is 1. The molecule has 1 fully saturated rings. The summed E-state index contributed by atoms with van der Waals surface area (Å²) in [6.45, 7) is 1.76. The van der Waals surface area contributed by atoms with Gasteiger partial charge in [0.15, 0.2) is 0 Å². The molecule has 1 aromatic rings. The van der Waals surface area contributed by atoms with E-state index in [-0.39, 0.29) is 5.82 Å². The first-order chi connectivity index (χ1) is 8.29. The third-order valence-corrected chi connectivity index (χ3v) is 4.25. The SMILES string of the molecule is Fc1cccc(C(CBr)CC2CCOCC2)c1. The Hall–Kier alpha value is -0.410. The molecular formula is C14H18BrFO. The quantitative estimate of drug-likeness (QED) is 0.760. The first-order valence-electron chi connectivity index (χ1n) is 6.18. The minimum atomic E-state index is -0.138. The van der Waals surface area contributed by atoms with Gasteiger partial charge in [-0.05, 0) is 48.8 Å². The van der Waals surface area contributed by atoms with Crippen LogP contribution in [0.2, 0.25) is 0 Å². The zero-order valence-corrected chi connectivity index (χ0v) is 11.5. The van der Waals surface area contributed by atoms with Gasteiger partial charge in [-0.3, -0.25) is 0 Å². The second-order valence-electron chi connectivity index (χ2n) is 4.70. The van der Waals surface area contributed by atoms with Crippen molar-refractivity contribution >= 4 is 15.9 Å². The van der Waals surface area contributed by atoms with Crippen molar-refractivity contribution in [3.8, 4) is 0 Å². The van der Waals surface area contributed by atoms with E-state index in [0.717, 1.165) is 49.3 Å². The van der Waals surface area contributed by atoms with E-state index in [4.69, 9.17) is 4.74 Å². The smallest absolute Gasteiger partial charge is 0.123 e. The van der Waals surface area contributed by atoms with E-state index >= 15 is 0 Å². The van der Waals surface area contributed by atoms with E-state index in [2.05, 4.69) is 15.9 Å². The standard InChI is InChI=1S/C14H18BrFO/c15-10-13(8-11-4-6-17-7-5-11)12-2-1-3-14(16)9-12/h1-3,9,11,13H,4-8,10H2. The third-order valence-electron chi connectivity index (χ3n) is 3.47. The Kier molecular flexibility index (Phi) is 4.99. The van der Waals surface area contributed by atoms with Crippen molar-refractivity contribution in [2.24, 2.45) is 5.92 Å². The van der Waals surface area contributed by atoms with Crippen LogP contribution in [-0.4, -0.2) is 18.5 Å². The molecule has 1 nitrogen and oxygen atoms in total. The Balaban J connectivity index is 2.00. The molecule has 0 spiro atoms. The van der Waals surface area contributed by atoms with Crippen molar-refractivity contribution in [1.82, 2.24) is 0 Å². The maximum Gasteiger partial charge on any atom is 0.123 e. The van der Waals surface area contributed by atoms with Gasteiger partial charge in [-0.25, -0.2) is 4.39 Å². The summed E-state index contributed by atoms with van der Waals surface area (Å²) in [6.07, 6.45) is 3.40. The van der Waals surface area contributed by atoms with Crippen molar-refractivity contribution < 1.29 is 9.13 Å². The Labute approximate surface area is 110 Å². The Bertz CT molecular complexity index is 350. The van der Waals surface area contributed by atoms with Crippen LogP contribution >= 0.6 is 15.9 Å². The summed E-state index contributed by atoms with van der Waals surface area (Å²) < 4.78 is 18.6. The van der Waals surface area contributed by atoms with Gasteiger partial charge in [0.1, 0.15) is 5.82 Å². The largest absolute Gasteiger partial charge is 0.381 e. The van der Waals surface area contributed by atoms with Crippen LogP contribution in [0.3, 0.4) is 0 Å². The Morgan fingerprint density at radius 2 is 2.12 bits per heavy atom. The zero-order valence-electron chi connectivity index (χ0n) is 9.87. The van der Waals surface area contributed by atoms with Gasteiger partial charge in [-0.2, -0.15) is 0 Å². The normalized spacial score (nSPS) is 19.2. The minimum absolute atomic E-state index is 0.138. The first-order valence-corrected chi connectivity index (χ1v) is 7.31. The van der Waals surface area contributed by atoms with Crippen LogP contribution < -0.4 is 0 Å². The average Bonchev–Trinajstić information content (AvgIpc) is 2.37. The molecule has 0 radical (unpaired) electrons. The predicted molar refractivity (Wildman–Crippen MR) is 71.1 cm³/mol. The molecule has 94 valence electrons. The van der Waals surface area contributed by atoms with Gasteiger partial charge in [-0.15, -0.1) is 0 Å². The molecule has 0 saturated carbocycles. The number of halogens is 2. The maximum atomic E-state index is 13.2. The highest BCUT2D eigenvalue weighted by Crippen LogP contribution is 2.30. The van der Waals surface area contributed by atoms with E-state index in [0.29, 0.717) is 5.92 Å². The molecule has 0 amide bonds. The van der Waals surface area contributed by atoms with Gasteiger partial charge < -0.3 is 4.74 Å². The fraction of sp³-hybridized carbons (Fsp3) is 0.571. The summed E-state index contributed by atoms with van der Waals surface area (Å²) in [4.78, 5) is 0. The summed E-state index contributed by atoms with van der Waals surface area (Å²) in [5.74, 6) is 0.990. The summed E-state index contributed by atoms with van der Waals surface area (Å²) in [5.41, 5.74) is 1.10. The summed E-state index contributed by atoms with van der Waals surface area (Å²) in [5, 5.41) is 0.897. The van der Waals surface area contributed by atoms with Crippen LogP contribution in [0.15, 0.2) is 24.3 Å². The highest BCUT2D eigenvalue weighted by atomic mass is 79.9. The topological polar surface area (TPSA) is 9.23 Å². The van der Waals surface area contributed by atoms with Crippen molar-refractivity contribution in [2.45, 2.75) is 25.2 Å². The van der Waals surface area contributed by atoms with Crippen molar-refractivity contribution in [3.63, 3.8) is 0 Å². The molecule has 0 bridgehead atoms. The van der Waals surface area contributed by atoms with Crippen LogP contribution in [0.1, 0.15) is 30.7 Å². The van der Waals surface area contributed by atoms with Gasteiger partial charge in [0.05, 0.1) is 0 Å². The molecule has 1 saturated heterocycles. The second-order valence-corrected chi connectivity index (χ2v) is 5.35. The van der Waals surface area contributed by atoms with Gasteiger partial charge >= 0.3 is 0 Å². The molecule has 2 rings (SSSR count). The first kappa shape index (κ1) is 13.0. The van der Waals surface area contributed by atoms with Crippen molar-refractivity contribution in [2.75, 3.05) is 18.5 Å². The molecule has 0 aliphatic carbocycles. The Morgan fingerprint density at radius 3 is 2.76 bits per heavy atom. The van der Waals surface area contributed by atoms with Crippen LogP contribution in [0.5, 0.6) is 0 Å². The lowest BCUT2D eigenvalue weighted by molar-refractivity contribution is 0.0623. The summed E-state index contributed by atoms with van der Waals surface area (Å²) in [7, 11) is 0. The van der Waals surface area contributed by atoms with Gasteiger partial charge in [0, 0.05) is 18.5 Å². The fourth-order valence-corrected chi connectivity index (χ4v) is 3.07. The molecule has 17 heavy (non-hydrogen) atoms. The van der Waals surface area contributed by atoms with Crippen LogP contribution in [0, 0.1) is 11.7 Å². The number of ether oxygens (including phenoxy) is 1. The summed E-state index contributed by atoms with van der Waals surface area (Å²) >= 11 is 3.55.